The van der Waals surface area contributed by atoms with Gasteiger partial charge in [-0.2, -0.15) is 5.10 Å². The molecule has 2 rings (SSSR count). The number of carbonyl (C=O) groups excluding carboxylic acids is 1. The molecule has 21 heavy (non-hydrogen) atoms. The van der Waals surface area contributed by atoms with Gasteiger partial charge in [0.2, 0.25) is 5.91 Å². The first-order valence-corrected chi connectivity index (χ1v) is 7.83. The number of aromatic amines is 1. The average molecular weight is 294 g/mol. The molecule has 1 aliphatic carbocycles. The van der Waals surface area contributed by atoms with Crippen LogP contribution in [-0.4, -0.2) is 41.4 Å². The van der Waals surface area contributed by atoms with Crippen molar-refractivity contribution in [1.29, 1.82) is 0 Å². The van der Waals surface area contributed by atoms with Crippen LogP contribution in [0.15, 0.2) is 12.3 Å². The maximum atomic E-state index is 12.2. The van der Waals surface area contributed by atoms with E-state index in [9.17, 15) is 4.79 Å². The van der Waals surface area contributed by atoms with Crippen LogP contribution in [0.25, 0.3) is 0 Å². The van der Waals surface area contributed by atoms with E-state index in [1.165, 1.54) is 0 Å². The molecule has 1 amide bonds. The van der Waals surface area contributed by atoms with Crippen molar-refractivity contribution in [3.8, 4) is 0 Å². The fraction of sp³-hybridized carbons (Fsp3) is 0.733. The summed E-state index contributed by atoms with van der Waals surface area (Å²) >= 11 is 0. The Morgan fingerprint density at radius 2 is 2.43 bits per heavy atom. The highest BCUT2D eigenvalue weighted by Gasteiger charge is 2.32. The Morgan fingerprint density at radius 3 is 3.14 bits per heavy atom. The zero-order valence-electron chi connectivity index (χ0n) is 12.7. The van der Waals surface area contributed by atoms with Crippen LogP contribution in [0.1, 0.15) is 38.3 Å². The van der Waals surface area contributed by atoms with E-state index < -0.39 is 0 Å². The Hall–Kier alpha value is -1.40. The number of nitrogens with one attached hydrogen (secondary N) is 2. The van der Waals surface area contributed by atoms with Crippen molar-refractivity contribution in [1.82, 2.24) is 15.5 Å². The molecule has 1 fully saturated rings. The summed E-state index contributed by atoms with van der Waals surface area (Å²) in [6, 6.07) is 1.98. The van der Waals surface area contributed by atoms with E-state index in [0.29, 0.717) is 13.2 Å². The highest BCUT2D eigenvalue weighted by atomic mass is 16.5. The third-order valence-corrected chi connectivity index (χ3v) is 4.00. The van der Waals surface area contributed by atoms with Crippen LogP contribution in [0.2, 0.25) is 0 Å². The normalized spacial score (nSPS) is 25.7. The molecule has 6 heteroatoms. The van der Waals surface area contributed by atoms with Gasteiger partial charge in [0.25, 0.3) is 0 Å². The molecule has 0 saturated heterocycles. The molecule has 1 aliphatic rings. The van der Waals surface area contributed by atoms with Crippen molar-refractivity contribution in [3.63, 3.8) is 0 Å². The molecule has 0 bridgehead atoms. The fourth-order valence-electron chi connectivity index (χ4n) is 2.74. The SMILES string of the molecule is CCCO[C@@H]1C[C@@H](C(=O)NCCc2ccn[nH]2)CC[C@H]1N. The average Bonchev–Trinajstić information content (AvgIpc) is 2.99. The van der Waals surface area contributed by atoms with E-state index in [2.05, 4.69) is 22.4 Å². The van der Waals surface area contributed by atoms with Crippen LogP contribution in [0.3, 0.4) is 0 Å². The third kappa shape index (κ3) is 4.82. The Kier molecular flexibility index (Phi) is 6.20. The maximum absolute atomic E-state index is 12.2. The van der Waals surface area contributed by atoms with Gasteiger partial charge in [0, 0.05) is 43.4 Å². The Labute approximate surface area is 125 Å². The number of aromatic nitrogens is 2. The van der Waals surface area contributed by atoms with Crippen molar-refractivity contribution in [3.05, 3.63) is 18.0 Å². The van der Waals surface area contributed by atoms with E-state index in [4.69, 9.17) is 10.5 Å². The summed E-state index contributed by atoms with van der Waals surface area (Å²) in [5, 5.41) is 9.78. The van der Waals surface area contributed by atoms with Gasteiger partial charge in [0.05, 0.1) is 6.10 Å². The van der Waals surface area contributed by atoms with Crippen LogP contribution >= 0.6 is 0 Å². The Balaban J connectivity index is 1.73. The summed E-state index contributed by atoms with van der Waals surface area (Å²) in [7, 11) is 0. The highest BCUT2D eigenvalue weighted by molar-refractivity contribution is 5.78. The topological polar surface area (TPSA) is 93.0 Å². The quantitative estimate of drug-likeness (QED) is 0.699. The number of rotatable bonds is 7. The zero-order chi connectivity index (χ0) is 15.1. The van der Waals surface area contributed by atoms with E-state index in [1.807, 2.05) is 6.07 Å². The predicted molar refractivity (Wildman–Crippen MR) is 80.6 cm³/mol. The molecule has 1 heterocycles. The molecule has 3 atom stereocenters. The first-order valence-electron chi connectivity index (χ1n) is 7.83. The molecule has 0 spiro atoms. The Morgan fingerprint density at radius 1 is 1.57 bits per heavy atom. The zero-order valence-corrected chi connectivity index (χ0v) is 12.7. The number of nitrogens with two attached hydrogens (primary N) is 1. The number of amides is 1. The van der Waals surface area contributed by atoms with E-state index >= 15 is 0 Å². The van der Waals surface area contributed by atoms with Gasteiger partial charge in [0.1, 0.15) is 0 Å². The minimum atomic E-state index is 0.0158. The molecule has 0 radical (unpaired) electrons. The molecular weight excluding hydrogens is 268 g/mol. The molecular formula is C15H26N4O2. The summed E-state index contributed by atoms with van der Waals surface area (Å²) < 4.78 is 5.77. The van der Waals surface area contributed by atoms with E-state index in [1.54, 1.807) is 6.20 Å². The van der Waals surface area contributed by atoms with Gasteiger partial charge in [0.15, 0.2) is 0 Å². The minimum absolute atomic E-state index is 0.0158. The number of ether oxygens (including phenoxy) is 1. The lowest BCUT2D eigenvalue weighted by atomic mass is 9.83. The van der Waals surface area contributed by atoms with Gasteiger partial charge in [-0.05, 0) is 31.7 Å². The van der Waals surface area contributed by atoms with Gasteiger partial charge in [-0.25, -0.2) is 0 Å². The number of H-pyrrole nitrogens is 1. The standard InChI is InChI=1S/C15H26N4O2/c1-2-9-21-14-10-11(3-4-13(14)16)15(20)17-7-5-12-6-8-18-19-12/h6,8,11,13-14H,2-5,7,9-10,16H2,1H3,(H,17,20)(H,18,19)/t11-,13+,14+/m0/s1. The molecule has 0 unspecified atom stereocenters. The number of hydrogen-bond acceptors (Lipinski definition) is 4. The van der Waals surface area contributed by atoms with Crippen molar-refractivity contribution in [2.45, 2.75) is 51.2 Å². The molecule has 118 valence electrons. The van der Waals surface area contributed by atoms with Gasteiger partial charge in [-0.15, -0.1) is 0 Å². The summed E-state index contributed by atoms with van der Waals surface area (Å²) in [6.07, 6.45) is 5.92. The molecule has 0 aromatic carbocycles. The molecule has 1 saturated carbocycles. The fourth-order valence-corrected chi connectivity index (χ4v) is 2.74. The molecule has 4 N–H and O–H groups in total. The lowest BCUT2D eigenvalue weighted by molar-refractivity contribution is -0.128. The van der Waals surface area contributed by atoms with Crippen LogP contribution in [0, 0.1) is 5.92 Å². The van der Waals surface area contributed by atoms with Crippen LogP contribution in [0.5, 0.6) is 0 Å². The van der Waals surface area contributed by atoms with Crippen LogP contribution in [-0.2, 0) is 16.0 Å². The van der Waals surface area contributed by atoms with Crippen LogP contribution in [0.4, 0.5) is 0 Å². The van der Waals surface area contributed by atoms with E-state index in [-0.39, 0.29) is 24.0 Å². The number of hydrogen-bond donors (Lipinski definition) is 3. The summed E-state index contributed by atoms with van der Waals surface area (Å²) in [5.74, 6) is 0.139. The second-order valence-electron chi connectivity index (χ2n) is 5.71. The van der Waals surface area contributed by atoms with Gasteiger partial charge in [-0.1, -0.05) is 6.92 Å². The predicted octanol–water partition coefficient (Wildman–Crippen LogP) is 0.991. The van der Waals surface area contributed by atoms with Crippen molar-refractivity contribution in [2.75, 3.05) is 13.2 Å². The van der Waals surface area contributed by atoms with Crippen LogP contribution < -0.4 is 11.1 Å². The molecule has 6 nitrogen and oxygen atoms in total. The second kappa shape index (κ2) is 8.14. The van der Waals surface area contributed by atoms with Crippen molar-refractivity contribution < 1.29 is 9.53 Å². The molecule has 1 aromatic heterocycles. The molecule has 0 aliphatic heterocycles. The Bertz CT molecular complexity index is 421. The summed E-state index contributed by atoms with van der Waals surface area (Å²) in [4.78, 5) is 12.2. The smallest absolute Gasteiger partial charge is 0.223 e. The monoisotopic (exact) mass is 294 g/mol. The van der Waals surface area contributed by atoms with Gasteiger partial charge in [-0.3, -0.25) is 9.89 Å². The van der Waals surface area contributed by atoms with Gasteiger partial charge >= 0.3 is 0 Å². The number of carbonyl (C=O) groups is 1. The number of nitrogens with zero attached hydrogens (tertiary/aromatic N) is 1. The highest BCUT2D eigenvalue weighted by Crippen LogP contribution is 2.26. The third-order valence-electron chi connectivity index (χ3n) is 4.00. The lowest BCUT2D eigenvalue weighted by Gasteiger charge is -2.33. The van der Waals surface area contributed by atoms with Crippen molar-refractivity contribution >= 4 is 5.91 Å². The lowest BCUT2D eigenvalue weighted by Crippen LogP contribution is -2.46. The summed E-state index contributed by atoms with van der Waals surface area (Å²) in [6.45, 7) is 3.42. The first-order chi connectivity index (χ1) is 10.2. The second-order valence-corrected chi connectivity index (χ2v) is 5.71. The summed E-state index contributed by atoms with van der Waals surface area (Å²) in [5.41, 5.74) is 7.11. The first kappa shape index (κ1) is 16.0. The largest absolute Gasteiger partial charge is 0.377 e. The molecule has 1 aromatic rings. The van der Waals surface area contributed by atoms with E-state index in [0.717, 1.165) is 37.8 Å². The van der Waals surface area contributed by atoms with Gasteiger partial charge < -0.3 is 15.8 Å². The van der Waals surface area contributed by atoms with Crippen molar-refractivity contribution in [2.24, 2.45) is 11.7 Å². The minimum Gasteiger partial charge on any atom is -0.377 e. The maximum Gasteiger partial charge on any atom is 0.223 e.